The standard InChI is InChI=1S/C13H18FN3O2/c1-7(2)11(13(16)19)17-6-9-5-8(12(15)18)3-4-10(9)14/h3-5,7,11,17H,6H2,1-2H3,(H2,15,18)(H2,16,19). The Bertz CT molecular complexity index is 489. The first kappa shape index (κ1) is 15.1. The zero-order valence-electron chi connectivity index (χ0n) is 10.9. The van der Waals surface area contributed by atoms with E-state index in [1.165, 1.54) is 18.2 Å². The van der Waals surface area contributed by atoms with E-state index in [2.05, 4.69) is 5.32 Å². The maximum absolute atomic E-state index is 13.6. The predicted octanol–water partition coefficient (Wildman–Crippen LogP) is 0.524. The molecule has 1 aromatic rings. The van der Waals surface area contributed by atoms with E-state index < -0.39 is 23.7 Å². The van der Waals surface area contributed by atoms with E-state index >= 15 is 0 Å². The first-order chi connectivity index (χ1) is 8.82. The van der Waals surface area contributed by atoms with E-state index in [9.17, 15) is 14.0 Å². The third kappa shape index (κ3) is 4.03. The summed E-state index contributed by atoms with van der Waals surface area (Å²) >= 11 is 0. The molecule has 1 atom stereocenters. The fourth-order valence-corrected chi connectivity index (χ4v) is 1.75. The van der Waals surface area contributed by atoms with Gasteiger partial charge in [0.2, 0.25) is 11.8 Å². The lowest BCUT2D eigenvalue weighted by molar-refractivity contribution is -0.121. The van der Waals surface area contributed by atoms with Crippen molar-refractivity contribution >= 4 is 11.8 Å². The molecule has 2 amide bonds. The quantitative estimate of drug-likeness (QED) is 0.701. The average Bonchev–Trinajstić information content (AvgIpc) is 2.30. The van der Waals surface area contributed by atoms with E-state index in [0.29, 0.717) is 0 Å². The van der Waals surface area contributed by atoms with Crippen molar-refractivity contribution in [3.63, 3.8) is 0 Å². The first-order valence-electron chi connectivity index (χ1n) is 5.94. The summed E-state index contributed by atoms with van der Waals surface area (Å²) < 4.78 is 13.6. The van der Waals surface area contributed by atoms with Gasteiger partial charge in [-0.15, -0.1) is 0 Å². The molecular formula is C13H18FN3O2. The van der Waals surface area contributed by atoms with Crippen molar-refractivity contribution in [2.45, 2.75) is 26.4 Å². The summed E-state index contributed by atoms with van der Waals surface area (Å²) in [7, 11) is 0. The normalized spacial score (nSPS) is 12.4. The largest absolute Gasteiger partial charge is 0.368 e. The van der Waals surface area contributed by atoms with Gasteiger partial charge < -0.3 is 16.8 Å². The van der Waals surface area contributed by atoms with Gasteiger partial charge >= 0.3 is 0 Å². The van der Waals surface area contributed by atoms with Gasteiger partial charge in [-0.3, -0.25) is 9.59 Å². The van der Waals surface area contributed by atoms with Crippen LogP contribution in [0.1, 0.15) is 29.8 Å². The van der Waals surface area contributed by atoms with E-state index in [4.69, 9.17) is 11.5 Å². The minimum absolute atomic E-state index is 0.0140. The topological polar surface area (TPSA) is 98.2 Å². The highest BCUT2D eigenvalue weighted by Crippen LogP contribution is 2.11. The van der Waals surface area contributed by atoms with Crippen LogP contribution in [0.25, 0.3) is 0 Å². The molecule has 0 radical (unpaired) electrons. The number of amides is 2. The molecule has 0 aliphatic carbocycles. The van der Waals surface area contributed by atoms with Gasteiger partial charge in [-0.1, -0.05) is 13.8 Å². The van der Waals surface area contributed by atoms with Gasteiger partial charge in [0.15, 0.2) is 0 Å². The Kier molecular flexibility index (Phi) is 5.00. The molecule has 6 heteroatoms. The number of primary amides is 2. The molecular weight excluding hydrogens is 249 g/mol. The van der Waals surface area contributed by atoms with E-state index in [1.54, 1.807) is 0 Å². The van der Waals surface area contributed by atoms with Crippen LogP contribution in [0.4, 0.5) is 4.39 Å². The molecule has 1 unspecified atom stereocenters. The smallest absolute Gasteiger partial charge is 0.248 e. The number of halogens is 1. The number of nitrogens with one attached hydrogen (secondary N) is 1. The molecule has 0 heterocycles. The molecule has 0 saturated heterocycles. The summed E-state index contributed by atoms with van der Waals surface area (Å²) in [6, 6.07) is 3.29. The highest BCUT2D eigenvalue weighted by atomic mass is 19.1. The third-order valence-electron chi connectivity index (χ3n) is 2.82. The van der Waals surface area contributed by atoms with Crippen LogP contribution in [0.2, 0.25) is 0 Å². The number of carbonyl (C=O) groups excluding carboxylic acids is 2. The number of hydrogen-bond donors (Lipinski definition) is 3. The average molecular weight is 267 g/mol. The number of benzene rings is 1. The highest BCUT2D eigenvalue weighted by Gasteiger charge is 2.19. The molecule has 0 spiro atoms. The SMILES string of the molecule is CC(C)C(NCc1cc(C(N)=O)ccc1F)C(N)=O. The second-order valence-corrected chi connectivity index (χ2v) is 4.68. The van der Waals surface area contributed by atoms with Gasteiger partial charge in [0.05, 0.1) is 6.04 Å². The molecule has 0 saturated carbocycles. The lowest BCUT2D eigenvalue weighted by Crippen LogP contribution is -2.44. The number of rotatable bonds is 6. The van der Waals surface area contributed by atoms with Gasteiger partial charge in [0.1, 0.15) is 5.82 Å². The summed E-state index contributed by atoms with van der Waals surface area (Å²) in [5.41, 5.74) is 10.9. The Labute approximate surface area is 111 Å². The van der Waals surface area contributed by atoms with Crippen LogP contribution in [0, 0.1) is 11.7 Å². The van der Waals surface area contributed by atoms with Crippen molar-refractivity contribution in [3.8, 4) is 0 Å². The van der Waals surface area contributed by atoms with Gasteiger partial charge in [0.25, 0.3) is 0 Å². The highest BCUT2D eigenvalue weighted by molar-refractivity contribution is 5.92. The molecule has 0 fully saturated rings. The van der Waals surface area contributed by atoms with Crippen molar-refractivity contribution in [1.29, 1.82) is 0 Å². The zero-order chi connectivity index (χ0) is 14.6. The lowest BCUT2D eigenvalue weighted by atomic mass is 10.0. The molecule has 0 aliphatic heterocycles. The van der Waals surface area contributed by atoms with Crippen LogP contribution in [0.15, 0.2) is 18.2 Å². The van der Waals surface area contributed by atoms with Crippen molar-refractivity contribution in [2.24, 2.45) is 17.4 Å². The zero-order valence-corrected chi connectivity index (χ0v) is 10.9. The molecule has 19 heavy (non-hydrogen) atoms. The van der Waals surface area contributed by atoms with Gasteiger partial charge in [-0.2, -0.15) is 0 Å². The maximum atomic E-state index is 13.6. The maximum Gasteiger partial charge on any atom is 0.248 e. The van der Waals surface area contributed by atoms with E-state index in [1.807, 2.05) is 13.8 Å². The molecule has 1 rings (SSSR count). The van der Waals surface area contributed by atoms with Crippen LogP contribution < -0.4 is 16.8 Å². The van der Waals surface area contributed by atoms with Gasteiger partial charge in [0, 0.05) is 17.7 Å². The van der Waals surface area contributed by atoms with Crippen molar-refractivity contribution in [3.05, 3.63) is 35.1 Å². The minimum Gasteiger partial charge on any atom is -0.368 e. The second kappa shape index (κ2) is 6.29. The van der Waals surface area contributed by atoms with Crippen molar-refractivity contribution in [2.75, 3.05) is 0 Å². The molecule has 1 aromatic carbocycles. The molecule has 5 nitrogen and oxygen atoms in total. The molecule has 104 valence electrons. The summed E-state index contributed by atoms with van der Waals surface area (Å²) in [6.45, 7) is 3.76. The number of carbonyl (C=O) groups is 2. The summed E-state index contributed by atoms with van der Waals surface area (Å²) in [5, 5.41) is 2.88. The van der Waals surface area contributed by atoms with Crippen LogP contribution >= 0.6 is 0 Å². The second-order valence-electron chi connectivity index (χ2n) is 4.68. The van der Waals surface area contributed by atoms with E-state index in [0.717, 1.165) is 0 Å². The van der Waals surface area contributed by atoms with Crippen molar-refractivity contribution in [1.82, 2.24) is 5.32 Å². The van der Waals surface area contributed by atoms with Crippen LogP contribution in [-0.4, -0.2) is 17.9 Å². The summed E-state index contributed by atoms with van der Waals surface area (Å²) in [6.07, 6.45) is 0. The summed E-state index contributed by atoms with van der Waals surface area (Å²) in [4.78, 5) is 22.2. The minimum atomic E-state index is -0.628. The third-order valence-corrected chi connectivity index (χ3v) is 2.82. The van der Waals surface area contributed by atoms with Crippen molar-refractivity contribution < 1.29 is 14.0 Å². The first-order valence-corrected chi connectivity index (χ1v) is 5.94. The van der Waals surface area contributed by atoms with E-state index in [-0.39, 0.29) is 23.6 Å². The Hall–Kier alpha value is -1.95. The predicted molar refractivity (Wildman–Crippen MR) is 69.6 cm³/mol. The van der Waals surface area contributed by atoms with Crippen LogP contribution in [0.3, 0.4) is 0 Å². The Morgan fingerprint density at radius 3 is 2.42 bits per heavy atom. The fourth-order valence-electron chi connectivity index (χ4n) is 1.75. The Balaban J connectivity index is 2.84. The Morgan fingerprint density at radius 2 is 1.95 bits per heavy atom. The molecule has 0 aliphatic rings. The lowest BCUT2D eigenvalue weighted by Gasteiger charge is -2.19. The number of hydrogen-bond acceptors (Lipinski definition) is 3. The number of nitrogens with two attached hydrogens (primary N) is 2. The van der Waals surface area contributed by atoms with Crippen LogP contribution in [0.5, 0.6) is 0 Å². The molecule has 0 bridgehead atoms. The fraction of sp³-hybridized carbons (Fsp3) is 0.385. The Morgan fingerprint density at radius 1 is 1.32 bits per heavy atom. The summed E-state index contributed by atoms with van der Waals surface area (Å²) in [5.74, 6) is -1.61. The van der Waals surface area contributed by atoms with Gasteiger partial charge in [-0.05, 0) is 24.1 Å². The molecule has 5 N–H and O–H groups in total. The molecule has 0 aromatic heterocycles. The van der Waals surface area contributed by atoms with Crippen LogP contribution in [-0.2, 0) is 11.3 Å². The monoisotopic (exact) mass is 267 g/mol. The van der Waals surface area contributed by atoms with Gasteiger partial charge in [-0.25, -0.2) is 4.39 Å².